The van der Waals surface area contributed by atoms with Crippen molar-refractivity contribution in [3.8, 4) is 5.75 Å². The predicted octanol–water partition coefficient (Wildman–Crippen LogP) is 2.84. The van der Waals surface area contributed by atoms with E-state index in [1.165, 1.54) is 48.7 Å². The third kappa shape index (κ3) is 4.18. The van der Waals surface area contributed by atoms with Gasteiger partial charge in [-0.1, -0.05) is 43.1 Å². The van der Waals surface area contributed by atoms with Crippen molar-refractivity contribution in [3.05, 3.63) is 36.4 Å². The monoisotopic (exact) mass is 327 g/mol. The average molecular weight is 327 g/mol. The minimum absolute atomic E-state index is 0.106. The van der Waals surface area contributed by atoms with Crippen LogP contribution in [0.25, 0.3) is 6.20 Å². The van der Waals surface area contributed by atoms with Crippen molar-refractivity contribution in [2.45, 2.75) is 38.0 Å². The van der Waals surface area contributed by atoms with Crippen molar-refractivity contribution in [1.82, 2.24) is 20.2 Å². The Kier molecular flexibility index (Phi) is 5.20. The van der Waals surface area contributed by atoms with E-state index >= 15 is 0 Å². The van der Waals surface area contributed by atoms with Crippen LogP contribution in [0.5, 0.6) is 5.75 Å². The van der Waals surface area contributed by atoms with Crippen LogP contribution in [-0.2, 0) is 4.79 Å². The number of ether oxygens (including phenoxy) is 1. The molecule has 1 amide bonds. The van der Waals surface area contributed by atoms with Gasteiger partial charge in [0.05, 0.1) is 0 Å². The van der Waals surface area contributed by atoms with Crippen LogP contribution in [0.1, 0.15) is 43.6 Å². The van der Waals surface area contributed by atoms with Gasteiger partial charge in [-0.05, 0) is 41.7 Å². The lowest BCUT2D eigenvalue weighted by molar-refractivity contribution is -0.118. The summed E-state index contributed by atoms with van der Waals surface area (Å²) in [5, 5.41) is 13.7. The van der Waals surface area contributed by atoms with Crippen LogP contribution >= 0.6 is 0 Å². The molecule has 7 nitrogen and oxygen atoms in total. The third-order valence-electron chi connectivity index (χ3n) is 4.17. The molecule has 0 aliphatic heterocycles. The molecule has 0 unspecified atom stereocenters. The summed E-state index contributed by atoms with van der Waals surface area (Å²) in [6.07, 6.45) is 7.89. The molecule has 1 N–H and O–H groups in total. The van der Waals surface area contributed by atoms with E-state index in [4.69, 9.17) is 4.74 Å². The zero-order valence-corrected chi connectivity index (χ0v) is 13.5. The van der Waals surface area contributed by atoms with Gasteiger partial charge in [0.25, 0.3) is 11.9 Å². The van der Waals surface area contributed by atoms with E-state index in [0.717, 1.165) is 0 Å². The van der Waals surface area contributed by atoms with E-state index in [1.54, 1.807) is 0 Å². The van der Waals surface area contributed by atoms with Gasteiger partial charge in [-0.25, -0.2) is 0 Å². The summed E-state index contributed by atoms with van der Waals surface area (Å²) in [6, 6.07) is 8.04. The lowest BCUT2D eigenvalue weighted by atomic mass is 9.84. The Morgan fingerprint density at radius 3 is 2.71 bits per heavy atom. The highest BCUT2D eigenvalue weighted by Crippen LogP contribution is 2.33. The van der Waals surface area contributed by atoms with E-state index in [1.807, 2.05) is 12.1 Å². The second-order valence-electron chi connectivity index (χ2n) is 5.86. The van der Waals surface area contributed by atoms with Gasteiger partial charge in [0.1, 0.15) is 5.75 Å². The highest BCUT2D eigenvalue weighted by atomic mass is 16.5. The Morgan fingerprint density at radius 2 is 2.04 bits per heavy atom. The zero-order chi connectivity index (χ0) is 16.8. The SMILES string of the molecule is C=Cn1nnc(NC(=O)COc2ccc(C3CCCCC3)cc2)n1. The molecule has 1 aliphatic rings. The van der Waals surface area contributed by atoms with E-state index in [2.05, 4.69) is 39.4 Å². The molecule has 126 valence electrons. The largest absolute Gasteiger partial charge is 0.484 e. The van der Waals surface area contributed by atoms with Gasteiger partial charge in [0, 0.05) is 6.20 Å². The maximum absolute atomic E-state index is 11.8. The van der Waals surface area contributed by atoms with E-state index in [-0.39, 0.29) is 18.5 Å². The fourth-order valence-electron chi connectivity index (χ4n) is 2.93. The number of amides is 1. The minimum Gasteiger partial charge on any atom is -0.484 e. The summed E-state index contributed by atoms with van der Waals surface area (Å²) in [5.41, 5.74) is 1.36. The number of hydrogen-bond acceptors (Lipinski definition) is 5. The maximum atomic E-state index is 11.8. The number of carbonyl (C=O) groups excluding carboxylic acids is 1. The molecule has 1 aromatic heterocycles. The molecule has 0 bridgehead atoms. The van der Waals surface area contributed by atoms with E-state index in [9.17, 15) is 4.79 Å². The van der Waals surface area contributed by atoms with Crippen LogP contribution in [0, 0.1) is 0 Å². The van der Waals surface area contributed by atoms with Gasteiger partial charge in [-0.15, -0.1) is 9.90 Å². The summed E-state index contributed by atoms with van der Waals surface area (Å²) >= 11 is 0. The lowest BCUT2D eigenvalue weighted by Gasteiger charge is -2.22. The molecule has 0 radical (unpaired) electrons. The zero-order valence-electron chi connectivity index (χ0n) is 13.5. The first-order valence-electron chi connectivity index (χ1n) is 8.19. The standard InChI is InChI=1S/C17H21N5O2/c1-2-22-20-17(19-21-22)18-16(23)12-24-15-10-8-14(9-11-15)13-6-4-3-5-7-13/h2,8-11,13H,1,3-7,12H2,(H,18,20,23). The van der Waals surface area contributed by atoms with Gasteiger partial charge < -0.3 is 4.74 Å². The highest BCUT2D eigenvalue weighted by Gasteiger charge is 2.15. The number of aromatic nitrogens is 4. The Labute approximate surface area is 140 Å². The first-order valence-corrected chi connectivity index (χ1v) is 8.19. The Morgan fingerprint density at radius 1 is 1.29 bits per heavy atom. The predicted molar refractivity (Wildman–Crippen MR) is 90.6 cm³/mol. The van der Waals surface area contributed by atoms with Gasteiger partial charge >= 0.3 is 0 Å². The fraction of sp³-hybridized carbons (Fsp3) is 0.412. The van der Waals surface area contributed by atoms with Crippen molar-refractivity contribution >= 4 is 18.1 Å². The minimum atomic E-state index is -0.338. The van der Waals surface area contributed by atoms with Crippen molar-refractivity contribution in [2.75, 3.05) is 11.9 Å². The third-order valence-corrected chi connectivity index (χ3v) is 4.17. The molecule has 7 heteroatoms. The molecule has 2 aromatic rings. The molecular formula is C17H21N5O2. The van der Waals surface area contributed by atoms with Crippen molar-refractivity contribution in [2.24, 2.45) is 0 Å². The smallest absolute Gasteiger partial charge is 0.270 e. The van der Waals surface area contributed by atoms with Gasteiger partial charge in [0.2, 0.25) is 0 Å². The summed E-state index contributed by atoms with van der Waals surface area (Å²) in [5.74, 6) is 1.12. The van der Waals surface area contributed by atoms with Crippen LogP contribution in [0.4, 0.5) is 5.95 Å². The van der Waals surface area contributed by atoms with Gasteiger partial charge in [-0.3, -0.25) is 10.1 Å². The second-order valence-corrected chi connectivity index (χ2v) is 5.86. The molecule has 24 heavy (non-hydrogen) atoms. The van der Waals surface area contributed by atoms with Crippen molar-refractivity contribution in [3.63, 3.8) is 0 Å². The summed E-state index contributed by atoms with van der Waals surface area (Å²) < 4.78 is 5.50. The molecule has 0 spiro atoms. The Balaban J connectivity index is 1.48. The van der Waals surface area contributed by atoms with Crippen molar-refractivity contribution < 1.29 is 9.53 Å². The average Bonchev–Trinajstić information content (AvgIpc) is 3.09. The summed E-state index contributed by atoms with van der Waals surface area (Å²) in [4.78, 5) is 13.0. The molecule has 1 fully saturated rings. The number of benzene rings is 1. The van der Waals surface area contributed by atoms with Crippen LogP contribution in [0.2, 0.25) is 0 Å². The van der Waals surface area contributed by atoms with Crippen LogP contribution < -0.4 is 10.1 Å². The molecule has 3 rings (SSSR count). The number of anilines is 1. The van der Waals surface area contributed by atoms with Gasteiger partial charge in [0.15, 0.2) is 6.61 Å². The van der Waals surface area contributed by atoms with Crippen LogP contribution in [-0.4, -0.2) is 32.7 Å². The number of carbonyl (C=O) groups is 1. The number of nitrogens with zero attached hydrogens (tertiary/aromatic N) is 4. The first kappa shape index (κ1) is 16.2. The molecule has 1 heterocycles. The topological polar surface area (TPSA) is 81.9 Å². The molecule has 0 atom stereocenters. The number of nitrogens with one attached hydrogen (secondary N) is 1. The first-order chi connectivity index (χ1) is 11.7. The molecule has 1 aliphatic carbocycles. The van der Waals surface area contributed by atoms with E-state index in [0.29, 0.717) is 11.7 Å². The molecular weight excluding hydrogens is 306 g/mol. The van der Waals surface area contributed by atoms with Crippen LogP contribution in [0.15, 0.2) is 30.8 Å². The quantitative estimate of drug-likeness (QED) is 0.882. The Bertz CT molecular complexity index is 689. The van der Waals surface area contributed by atoms with E-state index < -0.39 is 0 Å². The summed E-state index contributed by atoms with van der Waals surface area (Å²) in [7, 11) is 0. The normalized spacial score (nSPS) is 15.0. The Hall–Kier alpha value is -2.70. The second kappa shape index (κ2) is 7.72. The maximum Gasteiger partial charge on any atom is 0.270 e. The lowest BCUT2D eigenvalue weighted by Crippen LogP contribution is -2.21. The number of hydrogen-bond donors (Lipinski definition) is 1. The fourth-order valence-corrected chi connectivity index (χ4v) is 2.93. The number of rotatable bonds is 6. The van der Waals surface area contributed by atoms with Crippen molar-refractivity contribution in [1.29, 1.82) is 0 Å². The molecule has 1 saturated carbocycles. The summed E-state index contributed by atoms with van der Waals surface area (Å²) in [6.45, 7) is 3.39. The molecule has 0 saturated heterocycles. The molecule has 1 aromatic carbocycles. The highest BCUT2D eigenvalue weighted by molar-refractivity contribution is 5.90. The number of tetrazole rings is 1. The van der Waals surface area contributed by atoms with Crippen LogP contribution in [0.3, 0.4) is 0 Å². The van der Waals surface area contributed by atoms with Gasteiger partial charge in [-0.2, -0.15) is 0 Å².